The molecule has 9 heteroatoms. The Bertz CT molecular complexity index is 1630. The zero-order valence-electron chi connectivity index (χ0n) is 30.4. The Kier molecular flexibility index (Phi) is 11.5. The van der Waals surface area contributed by atoms with Gasteiger partial charge in [0.2, 0.25) is 10.0 Å². The second-order valence-corrected chi connectivity index (χ2v) is 21.9. The summed E-state index contributed by atoms with van der Waals surface area (Å²) in [5, 5.41) is 2.40. The predicted molar refractivity (Wildman–Crippen MR) is 199 cm³/mol. The molecule has 1 saturated heterocycles. The average Bonchev–Trinajstić information content (AvgIpc) is 3.55. The van der Waals surface area contributed by atoms with Gasteiger partial charge >= 0.3 is 5.97 Å². The van der Waals surface area contributed by atoms with Gasteiger partial charge in [-0.2, -0.15) is 4.31 Å². The first-order valence-corrected chi connectivity index (χ1v) is 21.3. The van der Waals surface area contributed by atoms with Gasteiger partial charge in [0, 0.05) is 13.2 Å². The molecule has 1 saturated carbocycles. The van der Waals surface area contributed by atoms with Gasteiger partial charge in [-0.15, -0.1) is 0 Å². The van der Waals surface area contributed by atoms with Gasteiger partial charge in [0.25, 0.3) is 8.32 Å². The number of rotatable bonds is 11. The van der Waals surface area contributed by atoms with Crippen molar-refractivity contribution in [2.75, 3.05) is 13.2 Å². The number of carbonyl (C=O) groups excluding carboxylic acids is 1. The van der Waals surface area contributed by atoms with Gasteiger partial charge in [-0.05, 0) is 105 Å². The lowest BCUT2D eigenvalue weighted by Crippen LogP contribution is -2.66. The minimum Gasteiger partial charge on any atom is -0.489 e. The van der Waals surface area contributed by atoms with Crippen LogP contribution < -0.4 is 15.1 Å². The number of nitrogens with zero attached hydrogens (tertiary/aromatic N) is 1. The van der Waals surface area contributed by atoms with Gasteiger partial charge in [0.05, 0.1) is 0 Å². The molecule has 7 nitrogen and oxygen atoms in total. The maximum Gasteiger partial charge on any atom is 0.324 e. The number of hydrogen-bond acceptors (Lipinski definition) is 6. The summed E-state index contributed by atoms with van der Waals surface area (Å²) in [5.74, 6) is 0.0698. The fraction of sp³-hybridized carbons (Fsp3) is 0.525. The zero-order chi connectivity index (χ0) is 35.5. The Labute approximate surface area is 295 Å². The number of aryl methyl sites for hydroxylation is 1. The van der Waals surface area contributed by atoms with E-state index in [1.165, 1.54) is 14.7 Å². The third-order valence-corrected chi connectivity index (χ3v) is 16.9. The van der Waals surface area contributed by atoms with Crippen molar-refractivity contribution in [3.05, 3.63) is 84.4 Å². The van der Waals surface area contributed by atoms with Crippen molar-refractivity contribution in [3.63, 3.8) is 0 Å². The summed E-state index contributed by atoms with van der Waals surface area (Å²) in [7, 11) is -6.71. The van der Waals surface area contributed by atoms with Crippen molar-refractivity contribution in [1.82, 2.24) is 4.31 Å². The molecule has 2 fully saturated rings. The molecule has 3 aromatic carbocycles. The first-order chi connectivity index (χ1) is 23.1. The molecule has 0 unspecified atom stereocenters. The Hall–Kier alpha value is -2.98. The Morgan fingerprint density at radius 2 is 1.45 bits per heavy atom. The van der Waals surface area contributed by atoms with Crippen molar-refractivity contribution in [1.29, 1.82) is 0 Å². The summed E-state index contributed by atoms with van der Waals surface area (Å²) in [6.45, 7) is 15.1. The molecule has 0 N–H and O–H groups in total. The summed E-state index contributed by atoms with van der Waals surface area (Å²) in [6.07, 6.45) is 5.68. The maximum absolute atomic E-state index is 14.2. The quantitative estimate of drug-likeness (QED) is 0.153. The molecular weight excluding hydrogens is 651 g/mol. The van der Waals surface area contributed by atoms with Crippen molar-refractivity contribution in [2.45, 2.75) is 121 Å². The number of benzene rings is 3. The SMILES string of the molecule is Cc1ccc(S(=O)(=O)N2CCC[C@H]2C(=O)OC(C)(C)C)c(O[C@@H]2CCCC[C@H]2CCO[Si](c2ccccc2)(c2ccccc2)C(C)(C)C)c1. The minimum absolute atomic E-state index is 0.112. The number of carbonyl (C=O) groups is 1. The monoisotopic (exact) mass is 705 g/mol. The van der Waals surface area contributed by atoms with Gasteiger partial charge in [0.1, 0.15) is 28.4 Å². The number of sulfonamides is 1. The molecule has 49 heavy (non-hydrogen) atoms. The van der Waals surface area contributed by atoms with Crippen LogP contribution in [0.3, 0.4) is 0 Å². The average molecular weight is 706 g/mol. The molecule has 0 amide bonds. The number of hydrogen-bond donors (Lipinski definition) is 0. The molecular formula is C40H55NO6SSi. The Balaban J connectivity index is 1.38. The van der Waals surface area contributed by atoms with E-state index in [9.17, 15) is 13.2 Å². The predicted octanol–water partition coefficient (Wildman–Crippen LogP) is 7.39. The summed E-state index contributed by atoms with van der Waals surface area (Å²) in [6, 6.07) is 25.8. The second kappa shape index (κ2) is 15.1. The van der Waals surface area contributed by atoms with E-state index in [1.807, 2.05) is 13.0 Å². The number of ether oxygens (including phenoxy) is 2. The van der Waals surface area contributed by atoms with Gasteiger partial charge < -0.3 is 13.9 Å². The highest BCUT2D eigenvalue weighted by Gasteiger charge is 2.50. The van der Waals surface area contributed by atoms with E-state index in [1.54, 1.807) is 32.9 Å². The molecule has 5 rings (SSSR count). The number of esters is 1. The Morgan fingerprint density at radius 3 is 2.04 bits per heavy atom. The summed E-state index contributed by atoms with van der Waals surface area (Å²) >= 11 is 0. The van der Waals surface area contributed by atoms with Crippen LogP contribution in [0.1, 0.15) is 92.1 Å². The third kappa shape index (κ3) is 8.33. The maximum atomic E-state index is 14.2. The molecule has 0 spiro atoms. The first-order valence-electron chi connectivity index (χ1n) is 17.9. The van der Waals surface area contributed by atoms with Crippen LogP contribution in [0.5, 0.6) is 5.75 Å². The van der Waals surface area contributed by atoms with E-state index in [0.717, 1.165) is 37.7 Å². The molecule has 0 aromatic heterocycles. The van der Waals surface area contributed by atoms with Crippen LogP contribution in [0.25, 0.3) is 0 Å². The van der Waals surface area contributed by atoms with Crippen LogP contribution in [-0.4, -0.2) is 57.9 Å². The molecule has 1 aliphatic carbocycles. The van der Waals surface area contributed by atoms with Crippen LogP contribution in [0.15, 0.2) is 83.8 Å². The largest absolute Gasteiger partial charge is 0.489 e. The molecule has 1 heterocycles. The van der Waals surface area contributed by atoms with E-state index in [-0.39, 0.29) is 28.5 Å². The van der Waals surface area contributed by atoms with E-state index in [2.05, 4.69) is 81.4 Å². The summed E-state index contributed by atoms with van der Waals surface area (Å²) in [5.41, 5.74) is 0.214. The highest BCUT2D eigenvalue weighted by molar-refractivity contribution is 7.89. The minimum atomic E-state index is -4.03. The van der Waals surface area contributed by atoms with E-state index in [0.29, 0.717) is 25.2 Å². The van der Waals surface area contributed by atoms with Crippen LogP contribution >= 0.6 is 0 Å². The topological polar surface area (TPSA) is 82.1 Å². The van der Waals surface area contributed by atoms with Gasteiger partial charge in [-0.1, -0.05) is 93.9 Å². The van der Waals surface area contributed by atoms with Crippen molar-refractivity contribution >= 4 is 34.7 Å². The molecule has 2 aliphatic rings. The smallest absolute Gasteiger partial charge is 0.324 e. The van der Waals surface area contributed by atoms with Crippen LogP contribution in [0.2, 0.25) is 5.04 Å². The molecule has 3 atom stereocenters. The van der Waals surface area contributed by atoms with E-state index < -0.39 is 36.0 Å². The van der Waals surface area contributed by atoms with E-state index >= 15 is 0 Å². The highest BCUT2D eigenvalue weighted by Crippen LogP contribution is 2.39. The standard InChI is InChI=1S/C40H55NO6SSi/c1-30-24-25-37(48(43,44)41-27-16-22-34(41)38(42)47-39(2,3)4)36(29-30)46-35-23-15-14-17-31(35)26-28-45-49(40(5,6)7,32-18-10-8-11-19-32)33-20-12-9-13-21-33/h8-13,18-21,24-25,29,31,34-35H,14-17,22-23,26-28H2,1-7H3/t31-,34-,35+/m0/s1. The van der Waals surface area contributed by atoms with Crippen molar-refractivity contribution in [2.24, 2.45) is 5.92 Å². The van der Waals surface area contributed by atoms with E-state index in [4.69, 9.17) is 13.9 Å². The lowest BCUT2D eigenvalue weighted by Gasteiger charge is -2.43. The summed E-state index contributed by atoms with van der Waals surface area (Å²) in [4.78, 5) is 13.2. The second-order valence-electron chi connectivity index (χ2n) is 15.8. The molecule has 0 radical (unpaired) electrons. The lowest BCUT2D eigenvalue weighted by atomic mass is 9.84. The molecule has 266 valence electrons. The first kappa shape index (κ1) is 37.3. The van der Waals surface area contributed by atoms with Gasteiger partial charge in [-0.3, -0.25) is 4.79 Å². The Morgan fingerprint density at radius 1 is 0.837 bits per heavy atom. The highest BCUT2D eigenvalue weighted by atomic mass is 32.2. The lowest BCUT2D eigenvalue weighted by molar-refractivity contribution is -0.158. The normalized spacial score (nSPS) is 21.0. The van der Waals surface area contributed by atoms with Crippen LogP contribution in [-0.2, 0) is 24.0 Å². The van der Waals surface area contributed by atoms with Crippen LogP contribution in [0.4, 0.5) is 0 Å². The summed E-state index contributed by atoms with van der Waals surface area (Å²) < 4.78 is 49.4. The van der Waals surface area contributed by atoms with Crippen molar-refractivity contribution in [3.8, 4) is 5.75 Å². The van der Waals surface area contributed by atoms with Gasteiger partial charge in [0.15, 0.2) is 0 Å². The van der Waals surface area contributed by atoms with Gasteiger partial charge in [-0.25, -0.2) is 8.42 Å². The molecule has 0 bridgehead atoms. The van der Waals surface area contributed by atoms with Crippen molar-refractivity contribution < 1.29 is 27.1 Å². The fourth-order valence-corrected chi connectivity index (χ4v) is 14.0. The third-order valence-electron chi connectivity index (χ3n) is 9.91. The van der Waals surface area contributed by atoms with Crippen LogP contribution in [0, 0.1) is 12.8 Å². The fourth-order valence-electron chi connectivity index (χ4n) is 7.63. The molecule has 3 aromatic rings. The molecule has 1 aliphatic heterocycles. The zero-order valence-corrected chi connectivity index (χ0v) is 32.2.